The lowest BCUT2D eigenvalue weighted by Crippen LogP contribution is -1.93. The van der Waals surface area contributed by atoms with Crippen LogP contribution in [0, 0.1) is 0 Å². The topological polar surface area (TPSA) is 24.4 Å². The van der Waals surface area contributed by atoms with Crippen LogP contribution >= 0.6 is 0 Å². The summed E-state index contributed by atoms with van der Waals surface area (Å²) in [5, 5.41) is 12.2. The summed E-state index contributed by atoms with van der Waals surface area (Å²) in [6.45, 7) is 2.16. The molecular weight excluding hydrogens is 328 g/mol. The van der Waals surface area contributed by atoms with Crippen molar-refractivity contribution < 1.29 is 0 Å². The van der Waals surface area contributed by atoms with Gasteiger partial charge in [0, 0.05) is 5.56 Å². The van der Waals surface area contributed by atoms with Crippen LogP contribution in [0.5, 0.6) is 0 Å². The van der Waals surface area contributed by atoms with E-state index in [4.69, 9.17) is 0 Å². The first kappa shape index (κ1) is 15.8. The lowest BCUT2D eigenvalue weighted by Gasteiger charge is -2.12. The van der Waals surface area contributed by atoms with Gasteiger partial charge in [0.2, 0.25) is 0 Å². The molecule has 0 bridgehead atoms. The Morgan fingerprint density at radius 3 is 2.15 bits per heavy atom. The van der Waals surface area contributed by atoms with Crippen molar-refractivity contribution in [2.45, 2.75) is 13.3 Å². The highest BCUT2D eigenvalue weighted by Gasteiger charge is 2.09. The van der Waals surface area contributed by atoms with Crippen LogP contribution in [-0.4, -0.2) is 6.21 Å². The lowest BCUT2D eigenvalue weighted by atomic mass is 9.92. The molecular formula is C25H20N2. The zero-order valence-corrected chi connectivity index (χ0v) is 15.2. The smallest absolute Gasteiger partial charge is 0.0561 e. The summed E-state index contributed by atoms with van der Waals surface area (Å²) in [5.74, 6) is 0. The van der Waals surface area contributed by atoms with Gasteiger partial charge >= 0.3 is 0 Å². The predicted molar refractivity (Wildman–Crippen MR) is 117 cm³/mol. The molecule has 0 saturated heterocycles. The number of rotatable bonds is 4. The van der Waals surface area contributed by atoms with Gasteiger partial charge in [0.15, 0.2) is 0 Å². The Morgan fingerprint density at radius 2 is 1.41 bits per heavy atom. The minimum absolute atomic E-state index is 1.00. The SMILES string of the molecule is CCc1ccc(NN=Cc2ccc3ccc4cccc5ccc2c3c45)cc1. The average molecular weight is 348 g/mol. The van der Waals surface area contributed by atoms with Crippen LogP contribution in [0.15, 0.2) is 84.0 Å². The van der Waals surface area contributed by atoms with Gasteiger partial charge in [0.25, 0.3) is 0 Å². The van der Waals surface area contributed by atoms with E-state index in [1.54, 1.807) is 0 Å². The van der Waals surface area contributed by atoms with Gasteiger partial charge in [-0.15, -0.1) is 0 Å². The van der Waals surface area contributed by atoms with E-state index in [2.05, 4.69) is 96.3 Å². The van der Waals surface area contributed by atoms with E-state index in [1.165, 1.54) is 37.9 Å². The van der Waals surface area contributed by atoms with E-state index in [0.29, 0.717) is 0 Å². The molecule has 0 aliphatic rings. The van der Waals surface area contributed by atoms with Crippen molar-refractivity contribution >= 4 is 44.2 Å². The first-order chi connectivity index (χ1) is 13.3. The molecule has 0 aromatic heterocycles. The molecule has 0 aliphatic carbocycles. The van der Waals surface area contributed by atoms with E-state index < -0.39 is 0 Å². The van der Waals surface area contributed by atoms with Crippen LogP contribution < -0.4 is 5.43 Å². The van der Waals surface area contributed by atoms with Crippen LogP contribution in [0.3, 0.4) is 0 Å². The minimum Gasteiger partial charge on any atom is -0.279 e. The zero-order valence-electron chi connectivity index (χ0n) is 15.2. The summed E-state index contributed by atoms with van der Waals surface area (Å²) in [4.78, 5) is 0. The van der Waals surface area contributed by atoms with Crippen LogP contribution in [0.4, 0.5) is 5.69 Å². The number of hydrogen-bond donors (Lipinski definition) is 1. The monoisotopic (exact) mass is 348 g/mol. The molecule has 0 atom stereocenters. The van der Waals surface area contributed by atoms with Crippen molar-refractivity contribution in [2.75, 3.05) is 5.43 Å². The van der Waals surface area contributed by atoms with Crippen LogP contribution in [0.1, 0.15) is 18.1 Å². The van der Waals surface area contributed by atoms with Crippen molar-refractivity contribution in [3.63, 3.8) is 0 Å². The summed E-state index contributed by atoms with van der Waals surface area (Å²) in [6, 6.07) is 28.1. The third-order valence-electron chi connectivity index (χ3n) is 5.32. The van der Waals surface area contributed by atoms with Crippen molar-refractivity contribution in [1.29, 1.82) is 0 Å². The summed E-state index contributed by atoms with van der Waals surface area (Å²) >= 11 is 0. The van der Waals surface area contributed by atoms with Crippen molar-refractivity contribution in [3.05, 3.63) is 90.0 Å². The first-order valence-corrected chi connectivity index (χ1v) is 9.38. The van der Waals surface area contributed by atoms with E-state index in [-0.39, 0.29) is 0 Å². The Hall–Kier alpha value is -3.39. The second-order valence-corrected chi connectivity index (χ2v) is 6.93. The second-order valence-electron chi connectivity index (χ2n) is 6.93. The number of nitrogens with zero attached hydrogens (tertiary/aromatic N) is 1. The molecule has 0 aliphatic heterocycles. The van der Waals surface area contributed by atoms with Crippen LogP contribution in [0.25, 0.3) is 32.3 Å². The molecule has 0 fully saturated rings. The third-order valence-corrected chi connectivity index (χ3v) is 5.32. The molecule has 1 N–H and O–H groups in total. The maximum Gasteiger partial charge on any atom is 0.0561 e. The normalized spacial score (nSPS) is 11.9. The van der Waals surface area contributed by atoms with Crippen molar-refractivity contribution in [2.24, 2.45) is 5.10 Å². The van der Waals surface area contributed by atoms with Gasteiger partial charge < -0.3 is 0 Å². The van der Waals surface area contributed by atoms with Crippen molar-refractivity contribution in [1.82, 2.24) is 0 Å². The maximum atomic E-state index is 4.47. The van der Waals surface area contributed by atoms with E-state index in [9.17, 15) is 0 Å². The van der Waals surface area contributed by atoms with Gasteiger partial charge in [-0.3, -0.25) is 5.43 Å². The van der Waals surface area contributed by atoms with Gasteiger partial charge in [0.1, 0.15) is 0 Å². The van der Waals surface area contributed by atoms with Gasteiger partial charge in [-0.25, -0.2) is 0 Å². The molecule has 0 saturated carbocycles. The van der Waals surface area contributed by atoms with Gasteiger partial charge in [-0.2, -0.15) is 5.10 Å². The van der Waals surface area contributed by atoms with E-state index in [0.717, 1.165) is 17.7 Å². The molecule has 0 amide bonds. The largest absolute Gasteiger partial charge is 0.279 e. The number of anilines is 1. The molecule has 2 nitrogen and oxygen atoms in total. The Labute approximate surface area is 158 Å². The molecule has 0 heterocycles. The molecule has 0 spiro atoms. The predicted octanol–water partition coefficient (Wildman–Crippen LogP) is 6.59. The van der Waals surface area contributed by atoms with Crippen LogP contribution in [0.2, 0.25) is 0 Å². The fourth-order valence-corrected chi connectivity index (χ4v) is 3.86. The number of nitrogens with one attached hydrogen (secondary N) is 1. The summed E-state index contributed by atoms with van der Waals surface area (Å²) < 4.78 is 0. The van der Waals surface area contributed by atoms with Crippen LogP contribution in [-0.2, 0) is 6.42 Å². The molecule has 0 radical (unpaired) electrons. The fraction of sp³-hybridized carbons (Fsp3) is 0.0800. The van der Waals surface area contributed by atoms with E-state index in [1.807, 2.05) is 6.21 Å². The summed E-state index contributed by atoms with van der Waals surface area (Å²) in [7, 11) is 0. The molecule has 5 aromatic carbocycles. The number of hydrazone groups is 1. The molecule has 5 aromatic rings. The summed E-state index contributed by atoms with van der Waals surface area (Å²) in [5.41, 5.74) is 6.60. The Kier molecular flexibility index (Phi) is 3.75. The molecule has 5 rings (SSSR count). The highest BCUT2D eigenvalue weighted by Crippen LogP contribution is 2.35. The fourth-order valence-electron chi connectivity index (χ4n) is 3.86. The quantitative estimate of drug-likeness (QED) is 0.221. The average Bonchev–Trinajstić information content (AvgIpc) is 2.73. The Morgan fingerprint density at radius 1 is 0.741 bits per heavy atom. The standard InChI is InChI=1S/C25H20N2/c1-2-17-6-13-22(14-7-17)27-26-16-21-11-10-20-9-8-18-4-3-5-19-12-15-23(21)25(20)24(18)19/h3-16,27H,2H2,1H3. The molecule has 0 unspecified atom stereocenters. The Bertz CT molecular complexity index is 1250. The van der Waals surface area contributed by atoms with Gasteiger partial charge in [0.05, 0.1) is 11.9 Å². The second kappa shape index (κ2) is 6.40. The van der Waals surface area contributed by atoms with E-state index >= 15 is 0 Å². The lowest BCUT2D eigenvalue weighted by molar-refractivity contribution is 1.14. The van der Waals surface area contributed by atoms with Gasteiger partial charge in [-0.05, 0) is 56.4 Å². The number of hydrogen-bond acceptors (Lipinski definition) is 2. The van der Waals surface area contributed by atoms with Crippen molar-refractivity contribution in [3.8, 4) is 0 Å². The third kappa shape index (κ3) is 2.70. The Balaban J connectivity index is 1.56. The minimum atomic E-state index is 1.00. The maximum absolute atomic E-state index is 4.47. The molecule has 27 heavy (non-hydrogen) atoms. The molecule has 2 heteroatoms. The first-order valence-electron chi connectivity index (χ1n) is 9.38. The highest BCUT2D eigenvalue weighted by atomic mass is 15.3. The number of aryl methyl sites for hydroxylation is 1. The zero-order chi connectivity index (χ0) is 18.2. The highest BCUT2D eigenvalue weighted by molar-refractivity contribution is 6.25. The number of benzene rings is 5. The molecule has 130 valence electrons. The summed E-state index contributed by atoms with van der Waals surface area (Å²) in [6.07, 6.45) is 2.96. The van der Waals surface area contributed by atoms with Gasteiger partial charge in [-0.1, -0.05) is 73.7 Å².